The van der Waals surface area contributed by atoms with Crippen molar-refractivity contribution < 1.29 is 47.5 Å². The Morgan fingerprint density at radius 1 is 0.909 bits per heavy atom. The Kier molecular flexibility index (Phi) is 4.82. The molecule has 0 amide bonds. The lowest BCUT2D eigenvalue weighted by atomic mass is 9.99. The molecule has 0 bridgehead atoms. The standard InChI is InChI=1S/C11H11F4NO6/c12-3-8(4(13)10(15)16-9(3)14)21-1-2-5(17)6(18)7(19)11(20)22-2/h2,5-7,11,17-20H,1H2/t2-,5-,6+,7+,11?/m1/s1. The van der Waals surface area contributed by atoms with E-state index in [1.165, 1.54) is 0 Å². The van der Waals surface area contributed by atoms with Crippen molar-refractivity contribution in [1.82, 2.24) is 4.98 Å². The molecule has 0 radical (unpaired) electrons. The van der Waals surface area contributed by atoms with Gasteiger partial charge in [0.25, 0.3) is 11.9 Å². The van der Waals surface area contributed by atoms with E-state index < -0.39 is 66.6 Å². The highest BCUT2D eigenvalue weighted by Gasteiger charge is 2.43. The van der Waals surface area contributed by atoms with Gasteiger partial charge in [-0.25, -0.2) is 0 Å². The second kappa shape index (κ2) is 6.30. The molecule has 7 nitrogen and oxygen atoms in total. The largest absolute Gasteiger partial charge is 0.484 e. The molecule has 0 spiro atoms. The van der Waals surface area contributed by atoms with Gasteiger partial charge in [-0.1, -0.05) is 0 Å². The zero-order chi connectivity index (χ0) is 16.6. The second-order valence-corrected chi connectivity index (χ2v) is 4.50. The van der Waals surface area contributed by atoms with Crippen molar-refractivity contribution in [2.75, 3.05) is 6.61 Å². The average molecular weight is 329 g/mol. The summed E-state index contributed by atoms with van der Waals surface area (Å²) in [5, 5.41) is 37.5. The van der Waals surface area contributed by atoms with Gasteiger partial charge in [0.1, 0.15) is 31.0 Å². The van der Waals surface area contributed by atoms with Gasteiger partial charge in [-0.05, 0) is 0 Å². The van der Waals surface area contributed by atoms with Crippen LogP contribution in [0.1, 0.15) is 0 Å². The molecule has 4 N–H and O–H groups in total. The van der Waals surface area contributed by atoms with Crippen LogP contribution in [0.2, 0.25) is 0 Å². The smallest absolute Gasteiger partial charge is 0.255 e. The number of rotatable bonds is 3. The highest BCUT2D eigenvalue weighted by Crippen LogP contribution is 2.26. The van der Waals surface area contributed by atoms with Gasteiger partial charge in [0.15, 0.2) is 6.29 Å². The fraction of sp³-hybridized carbons (Fsp3) is 0.545. The summed E-state index contributed by atoms with van der Waals surface area (Å²) >= 11 is 0. The first-order valence-corrected chi connectivity index (χ1v) is 5.94. The van der Waals surface area contributed by atoms with Gasteiger partial charge < -0.3 is 29.9 Å². The fourth-order valence-corrected chi connectivity index (χ4v) is 1.83. The van der Waals surface area contributed by atoms with Crippen LogP contribution >= 0.6 is 0 Å². The molecule has 11 heteroatoms. The summed E-state index contributed by atoms with van der Waals surface area (Å²) in [6, 6.07) is 0. The van der Waals surface area contributed by atoms with E-state index in [9.17, 15) is 38.0 Å². The van der Waals surface area contributed by atoms with E-state index in [4.69, 9.17) is 0 Å². The molecular formula is C11H11F4NO6. The molecule has 2 rings (SSSR count). The summed E-state index contributed by atoms with van der Waals surface area (Å²) in [5.74, 6) is -9.10. The minimum atomic E-state index is -1.94. The van der Waals surface area contributed by atoms with Crippen molar-refractivity contribution in [1.29, 1.82) is 0 Å². The number of ether oxygens (including phenoxy) is 2. The van der Waals surface area contributed by atoms with Crippen molar-refractivity contribution in [3.05, 3.63) is 23.5 Å². The lowest BCUT2D eigenvalue weighted by molar-refractivity contribution is -0.285. The van der Waals surface area contributed by atoms with Crippen LogP contribution in [-0.2, 0) is 4.74 Å². The molecule has 2 heterocycles. The van der Waals surface area contributed by atoms with Crippen LogP contribution in [0.5, 0.6) is 5.75 Å². The van der Waals surface area contributed by atoms with Crippen molar-refractivity contribution >= 4 is 0 Å². The Labute approximate surface area is 120 Å². The molecule has 1 aliphatic rings. The number of aliphatic hydroxyl groups is 4. The van der Waals surface area contributed by atoms with Crippen LogP contribution in [0.15, 0.2) is 0 Å². The molecule has 124 valence electrons. The molecule has 1 aromatic rings. The fourth-order valence-electron chi connectivity index (χ4n) is 1.83. The summed E-state index contributed by atoms with van der Waals surface area (Å²) in [7, 11) is 0. The summed E-state index contributed by atoms with van der Waals surface area (Å²) < 4.78 is 61.5. The number of hydrogen-bond acceptors (Lipinski definition) is 7. The SMILES string of the molecule is OC1O[C@H](COc2c(F)c(F)nc(F)c2F)[C@@H](O)[C@H](O)[C@@H]1O. The molecule has 5 atom stereocenters. The zero-order valence-corrected chi connectivity index (χ0v) is 10.7. The van der Waals surface area contributed by atoms with Gasteiger partial charge >= 0.3 is 0 Å². The molecule has 22 heavy (non-hydrogen) atoms. The van der Waals surface area contributed by atoms with E-state index in [0.717, 1.165) is 0 Å². The normalized spacial score (nSPS) is 32.1. The molecule has 1 saturated heterocycles. The van der Waals surface area contributed by atoms with Crippen LogP contribution in [0.3, 0.4) is 0 Å². The Bertz CT molecular complexity index is 536. The molecule has 1 aromatic heterocycles. The lowest BCUT2D eigenvalue weighted by Crippen LogP contribution is -2.58. The number of pyridine rings is 1. The Morgan fingerprint density at radius 3 is 2.00 bits per heavy atom. The Hall–Kier alpha value is -1.53. The molecule has 0 aromatic carbocycles. The third-order valence-electron chi connectivity index (χ3n) is 3.04. The van der Waals surface area contributed by atoms with E-state index in [1.54, 1.807) is 0 Å². The minimum Gasteiger partial charge on any atom is -0.484 e. The highest BCUT2D eigenvalue weighted by atomic mass is 19.2. The number of aromatic nitrogens is 1. The van der Waals surface area contributed by atoms with Crippen molar-refractivity contribution in [3.8, 4) is 5.75 Å². The Morgan fingerprint density at radius 2 is 1.45 bits per heavy atom. The van der Waals surface area contributed by atoms with Gasteiger partial charge in [-0.3, -0.25) is 0 Å². The van der Waals surface area contributed by atoms with Crippen molar-refractivity contribution in [2.24, 2.45) is 0 Å². The summed E-state index contributed by atoms with van der Waals surface area (Å²) in [6.45, 7) is -0.876. The Balaban J connectivity index is 2.14. The first-order chi connectivity index (χ1) is 10.2. The van der Waals surface area contributed by atoms with Gasteiger partial charge in [-0.15, -0.1) is 0 Å². The van der Waals surface area contributed by atoms with E-state index in [-0.39, 0.29) is 0 Å². The lowest BCUT2D eigenvalue weighted by Gasteiger charge is -2.38. The van der Waals surface area contributed by atoms with E-state index in [1.807, 2.05) is 0 Å². The number of halogens is 4. The monoisotopic (exact) mass is 329 g/mol. The van der Waals surface area contributed by atoms with E-state index in [2.05, 4.69) is 14.5 Å². The van der Waals surface area contributed by atoms with Gasteiger partial charge in [-0.2, -0.15) is 22.5 Å². The minimum absolute atomic E-state index is 0.876. The zero-order valence-electron chi connectivity index (χ0n) is 10.7. The average Bonchev–Trinajstić information content (AvgIpc) is 2.48. The van der Waals surface area contributed by atoms with Crippen LogP contribution < -0.4 is 4.74 Å². The van der Waals surface area contributed by atoms with Crippen LogP contribution in [-0.4, -0.2) is 62.7 Å². The maximum absolute atomic E-state index is 13.3. The predicted octanol–water partition coefficient (Wildman–Crippen LogP) is -1.18. The first-order valence-electron chi connectivity index (χ1n) is 5.94. The molecule has 0 saturated carbocycles. The maximum atomic E-state index is 13.3. The molecule has 1 fully saturated rings. The number of hydrogen-bond donors (Lipinski definition) is 4. The third kappa shape index (κ3) is 2.98. The number of nitrogens with zero attached hydrogens (tertiary/aromatic N) is 1. The molecule has 1 unspecified atom stereocenters. The van der Waals surface area contributed by atoms with Crippen molar-refractivity contribution in [2.45, 2.75) is 30.7 Å². The van der Waals surface area contributed by atoms with Crippen LogP contribution in [0.25, 0.3) is 0 Å². The second-order valence-electron chi connectivity index (χ2n) is 4.50. The van der Waals surface area contributed by atoms with Crippen LogP contribution in [0.4, 0.5) is 17.6 Å². The van der Waals surface area contributed by atoms with Gasteiger partial charge in [0.2, 0.25) is 17.4 Å². The highest BCUT2D eigenvalue weighted by molar-refractivity contribution is 5.24. The van der Waals surface area contributed by atoms with E-state index in [0.29, 0.717) is 0 Å². The van der Waals surface area contributed by atoms with Gasteiger partial charge in [0.05, 0.1) is 0 Å². The molecule has 1 aliphatic heterocycles. The summed E-state index contributed by atoms with van der Waals surface area (Å²) in [6.07, 6.45) is -8.83. The predicted molar refractivity (Wildman–Crippen MR) is 58.5 cm³/mol. The third-order valence-corrected chi connectivity index (χ3v) is 3.04. The molecule has 0 aliphatic carbocycles. The molecular weight excluding hydrogens is 318 g/mol. The summed E-state index contributed by atoms with van der Waals surface area (Å²) in [4.78, 5) is 2.32. The topological polar surface area (TPSA) is 112 Å². The van der Waals surface area contributed by atoms with E-state index >= 15 is 0 Å². The maximum Gasteiger partial charge on any atom is 0.255 e. The quantitative estimate of drug-likeness (QED) is 0.408. The van der Waals surface area contributed by atoms with Crippen LogP contribution in [0, 0.1) is 23.5 Å². The van der Waals surface area contributed by atoms with Gasteiger partial charge in [0, 0.05) is 0 Å². The summed E-state index contributed by atoms with van der Waals surface area (Å²) in [5.41, 5.74) is 0. The van der Waals surface area contributed by atoms with Crippen molar-refractivity contribution in [3.63, 3.8) is 0 Å². The number of aliphatic hydroxyl groups excluding tert-OH is 4. The first kappa shape index (κ1) is 16.8.